The van der Waals surface area contributed by atoms with Crippen LogP contribution in [-0.2, 0) is 9.53 Å². The first-order valence-corrected chi connectivity index (χ1v) is 2.97. The molecule has 0 saturated heterocycles. The molecule has 0 aliphatic rings. The Hall–Kier alpha value is -1.08. The number of ether oxygens (including phenoxy) is 1. The van der Waals surface area contributed by atoms with Gasteiger partial charge in [0.15, 0.2) is 0 Å². The first-order chi connectivity index (χ1) is 4.68. The second-order valence-corrected chi connectivity index (χ2v) is 1.75. The minimum Gasteiger partial charge on any atom is -0.502 e. The monoisotopic (exact) mass is 143 g/mol. The molecule has 0 atom stereocenters. The second-order valence-electron chi connectivity index (χ2n) is 1.75. The molecule has 0 saturated carbocycles. The van der Waals surface area contributed by atoms with Crippen LogP contribution in [0.1, 0.15) is 20.8 Å². The zero-order valence-electron chi connectivity index (χ0n) is 6.60. The SMILES string of the molecule is CCOC=C(C)C.N=C=O. The Morgan fingerprint density at radius 3 is 2.20 bits per heavy atom. The lowest BCUT2D eigenvalue weighted by atomic mass is 10.4. The predicted octanol–water partition coefficient (Wildman–Crippen LogP) is 1.85. The van der Waals surface area contributed by atoms with E-state index in [0.29, 0.717) is 0 Å². The number of hydrogen-bond donors (Lipinski definition) is 1. The molecule has 58 valence electrons. The van der Waals surface area contributed by atoms with Gasteiger partial charge in [-0.25, -0.2) is 10.2 Å². The van der Waals surface area contributed by atoms with Crippen molar-refractivity contribution >= 4 is 6.08 Å². The van der Waals surface area contributed by atoms with Crippen LogP contribution in [0.5, 0.6) is 0 Å². The van der Waals surface area contributed by atoms with Gasteiger partial charge in [0.2, 0.25) is 6.08 Å². The minimum absolute atomic E-state index is 0.750. The van der Waals surface area contributed by atoms with Crippen LogP contribution in [0.25, 0.3) is 0 Å². The summed E-state index contributed by atoms with van der Waals surface area (Å²) in [6.07, 6.45) is 2.51. The summed E-state index contributed by atoms with van der Waals surface area (Å²) in [4.78, 5) is 8.35. The average molecular weight is 143 g/mol. The van der Waals surface area contributed by atoms with Crippen molar-refractivity contribution in [1.29, 1.82) is 5.41 Å². The Balaban J connectivity index is 0. The maximum Gasteiger partial charge on any atom is 0.231 e. The summed E-state index contributed by atoms with van der Waals surface area (Å²) in [5.74, 6) is 0. The molecule has 0 aromatic rings. The van der Waals surface area contributed by atoms with Gasteiger partial charge < -0.3 is 4.74 Å². The molecule has 0 amide bonds. The van der Waals surface area contributed by atoms with E-state index < -0.39 is 0 Å². The molecule has 0 fully saturated rings. The lowest BCUT2D eigenvalue weighted by molar-refractivity contribution is 0.266. The number of allylic oxidation sites excluding steroid dienone is 1. The van der Waals surface area contributed by atoms with Gasteiger partial charge in [0, 0.05) is 0 Å². The molecule has 3 heteroatoms. The van der Waals surface area contributed by atoms with Crippen LogP contribution in [0.4, 0.5) is 0 Å². The van der Waals surface area contributed by atoms with Gasteiger partial charge in [-0.2, -0.15) is 0 Å². The maximum absolute atomic E-state index is 8.35. The van der Waals surface area contributed by atoms with Crippen LogP contribution in [0, 0.1) is 5.41 Å². The quantitative estimate of drug-likeness (QED) is 0.364. The highest BCUT2D eigenvalue weighted by Gasteiger charge is 1.71. The fourth-order valence-electron chi connectivity index (χ4n) is 0.250. The van der Waals surface area contributed by atoms with Crippen molar-refractivity contribution in [2.24, 2.45) is 0 Å². The molecule has 0 rings (SSSR count). The summed E-state index contributed by atoms with van der Waals surface area (Å²) in [5, 5.41) is 5.40. The summed E-state index contributed by atoms with van der Waals surface area (Å²) in [6.45, 7) is 6.76. The Kier molecular flexibility index (Phi) is 12.6. The molecular weight excluding hydrogens is 130 g/mol. The van der Waals surface area contributed by atoms with E-state index in [1.807, 2.05) is 20.8 Å². The van der Waals surface area contributed by atoms with Crippen LogP contribution in [0.3, 0.4) is 0 Å². The van der Waals surface area contributed by atoms with Crippen molar-refractivity contribution in [2.45, 2.75) is 20.8 Å². The van der Waals surface area contributed by atoms with Gasteiger partial charge in [-0.1, -0.05) is 0 Å². The predicted molar refractivity (Wildman–Crippen MR) is 39.5 cm³/mol. The Labute approximate surface area is 61.2 Å². The van der Waals surface area contributed by atoms with Crippen LogP contribution in [-0.4, -0.2) is 12.7 Å². The third-order valence-electron chi connectivity index (χ3n) is 0.486. The molecule has 0 radical (unpaired) electrons. The van der Waals surface area contributed by atoms with Gasteiger partial charge in [0.05, 0.1) is 12.9 Å². The van der Waals surface area contributed by atoms with Crippen molar-refractivity contribution in [3.8, 4) is 0 Å². The van der Waals surface area contributed by atoms with E-state index in [1.165, 1.54) is 5.57 Å². The molecule has 0 aliphatic carbocycles. The fourth-order valence-corrected chi connectivity index (χ4v) is 0.250. The van der Waals surface area contributed by atoms with Gasteiger partial charge in [0.1, 0.15) is 0 Å². The Morgan fingerprint density at radius 1 is 1.70 bits per heavy atom. The van der Waals surface area contributed by atoms with Crippen LogP contribution < -0.4 is 0 Å². The molecule has 0 aromatic heterocycles. The third-order valence-corrected chi connectivity index (χ3v) is 0.486. The Bertz CT molecular complexity index is 120. The van der Waals surface area contributed by atoms with E-state index in [-0.39, 0.29) is 0 Å². The Morgan fingerprint density at radius 2 is 2.10 bits per heavy atom. The summed E-state index contributed by atoms with van der Waals surface area (Å²) in [7, 11) is 0. The molecule has 10 heavy (non-hydrogen) atoms. The first kappa shape index (κ1) is 11.7. The lowest BCUT2D eigenvalue weighted by Crippen LogP contribution is -1.77. The highest BCUT2D eigenvalue weighted by atomic mass is 16.5. The van der Waals surface area contributed by atoms with Crippen molar-refractivity contribution in [3.63, 3.8) is 0 Å². The third kappa shape index (κ3) is 28.4. The molecule has 0 unspecified atom stereocenters. The zero-order chi connectivity index (χ0) is 8.41. The van der Waals surface area contributed by atoms with E-state index in [0.717, 1.165) is 12.7 Å². The maximum atomic E-state index is 8.35. The van der Waals surface area contributed by atoms with Gasteiger partial charge in [0.25, 0.3) is 0 Å². The lowest BCUT2D eigenvalue weighted by Gasteiger charge is -1.91. The molecule has 0 aromatic carbocycles. The van der Waals surface area contributed by atoms with Crippen molar-refractivity contribution < 1.29 is 9.53 Å². The minimum atomic E-state index is 0.750. The molecule has 0 spiro atoms. The second kappa shape index (κ2) is 10.8. The number of carbonyl (C=O) groups excluding carboxylic acids is 1. The highest BCUT2D eigenvalue weighted by molar-refractivity contribution is 5.26. The smallest absolute Gasteiger partial charge is 0.231 e. The summed E-state index contributed by atoms with van der Waals surface area (Å²) >= 11 is 0. The normalized spacial score (nSPS) is 6.30. The van der Waals surface area contributed by atoms with Gasteiger partial charge >= 0.3 is 0 Å². The highest BCUT2D eigenvalue weighted by Crippen LogP contribution is 1.87. The number of isocyanates is 1. The van der Waals surface area contributed by atoms with Gasteiger partial charge in [-0.3, -0.25) is 0 Å². The van der Waals surface area contributed by atoms with E-state index in [1.54, 1.807) is 6.26 Å². The molecule has 0 bridgehead atoms. The van der Waals surface area contributed by atoms with Crippen LogP contribution >= 0.6 is 0 Å². The molecule has 0 heterocycles. The molecule has 1 N–H and O–H groups in total. The molecule has 0 aliphatic heterocycles. The number of nitrogens with one attached hydrogen (secondary N) is 1. The van der Waals surface area contributed by atoms with Crippen molar-refractivity contribution in [3.05, 3.63) is 11.8 Å². The van der Waals surface area contributed by atoms with Gasteiger partial charge in [-0.15, -0.1) is 0 Å². The van der Waals surface area contributed by atoms with E-state index in [9.17, 15) is 0 Å². The number of hydrogen-bond acceptors (Lipinski definition) is 3. The zero-order valence-corrected chi connectivity index (χ0v) is 6.60. The summed E-state index contributed by atoms with van der Waals surface area (Å²) in [6, 6.07) is 0. The largest absolute Gasteiger partial charge is 0.502 e. The molecular formula is C7H13NO2. The summed E-state index contributed by atoms with van der Waals surface area (Å²) < 4.78 is 4.93. The summed E-state index contributed by atoms with van der Waals surface area (Å²) in [5.41, 5.74) is 1.21. The topological polar surface area (TPSA) is 50.1 Å². The number of rotatable bonds is 2. The van der Waals surface area contributed by atoms with E-state index >= 15 is 0 Å². The fraction of sp³-hybridized carbons (Fsp3) is 0.571. The van der Waals surface area contributed by atoms with Crippen molar-refractivity contribution in [1.82, 2.24) is 0 Å². The average Bonchev–Trinajstić information content (AvgIpc) is 1.85. The standard InChI is InChI=1S/C6H12O.CHNO/c1-4-7-5-6(2)3;2-1-3/h5H,4H2,1-3H3;2H. The first-order valence-electron chi connectivity index (χ1n) is 2.97. The van der Waals surface area contributed by atoms with Crippen LogP contribution in [0.15, 0.2) is 11.8 Å². The van der Waals surface area contributed by atoms with Gasteiger partial charge in [-0.05, 0) is 26.3 Å². The van der Waals surface area contributed by atoms with E-state index in [2.05, 4.69) is 0 Å². The molecule has 3 nitrogen and oxygen atoms in total. The van der Waals surface area contributed by atoms with Crippen molar-refractivity contribution in [2.75, 3.05) is 6.61 Å². The van der Waals surface area contributed by atoms with E-state index in [4.69, 9.17) is 14.9 Å². The van der Waals surface area contributed by atoms with Crippen LogP contribution in [0.2, 0.25) is 0 Å².